The van der Waals surface area contributed by atoms with Gasteiger partial charge in [-0.1, -0.05) is 54.1 Å². The van der Waals surface area contributed by atoms with E-state index in [1.807, 2.05) is 0 Å². The van der Waals surface area contributed by atoms with Crippen molar-refractivity contribution in [1.29, 1.82) is 0 Å². The summed E-state index contributed by atoms with van der Waals surface area (Å²) in [6.45, 7) is 0. The van der Waals surface area contributed by atoms with Crippen LogP contribution >= 0.6 is 11.6 Å². The molecule has 0 aliphatic carbocycles. The van der Waals surface area contributed by atoms with Crippen LogP contribution in [0.2, 0.25) is 5.02 Å². The first-order valence-corrected chi connectivity index (χ1v) is 8.30. The third-order valence-electron chi connectivity index (χ3n) is 3.00. The van der Waals surface area contributed by atoms with Gasteiger partial charge < -0.3 is 5.11 Å². The number of carbonyl (C=O) groups is 1. The fraction of sp³-hybridized carbons (Fsp3) is 0.133. The molecule has 0 bridgehead atoms. The second kappa shape index (κ2) is 6.91. The van der Waals surface area contributed by atoms with E-state index in [4.69, 9.17) is 11.6 Å². The molecule has 7 heteroatoms. The minimum Gasteiger partial charge on any atom is -0.480 e. The normalized spacial score (nSPS) is 12.8. The summed E-state index contributed by atoms with van der Waals surface area (Å²) < 4.78 is 26.8. The van der Waals surface area contributed by atoms with E-state index in [0.29, 0.717) is 0 Å². The number of hydrogen-bond donors (Lipinski definition) is 2. The molecule has 2 rings (SSSR count). The second-order valence-electron chi connectivity index (χ2n) is 4.63. The van der Waals surface area contributed by atoms with Crippen molar-refractivity contribution in [2.24, 2.45) is 0 Å². The number of rotatable bonds is 6. The summed E-state index contributed by atoms with van der Waals surface area (Å²) in [5.41, 5.74) is 0.719. The molecule has 0 spiro atoms. The zero-order valence-corrected chi connectivity index (χ0v) is 13.0. The minimum atomic E-state index is -4.02. The molecular formula is C15H14ClNO4S. The van der Waals surface area contributed by atoms with Crippen LogP contribution in [0.15, 0.2) is 59.5 Å². The lowest BCUT2D eigenvalue weighted by molar-refractivity contribution is -0.138. The molecule has 0 heterocycles. The van der Waals surface area contributed by atoms with Crippen LogP contribution in [0.25, 0.3) is 0 Å². The highest BCUT2D eigenvalue weighted by Gasteiger charge is 2.26. The largest absolute Gasteiger partial charge is 0.480 e. The lowest BCUT2D eigenvalue weighted by Gasteiger charge is -2.15. The summed E-state index contributed by atoms with van der Waals surface area (Å²) in [6.07, 6.45) is 0.0415. The number of hydrogen-bond acceptors (Lipinski definition) is 3. The smallest absolute Gasteiger partial charge is 0.322 e. The summed E-state index contributed by atoms with van der Waals surface area (Å²) >= 11 is 5.87. The lowest BCUT2D eigenvalue weighted by Crippen LogP contribution is -2.42. The van der Waals surface area contributed by atoms with Gasteiger partial charge in [0.15, 0.2) is 0 Å². The Labute approximate surface area is 133 Å². The van der Waals surface area contributed by atoms with Crippen LogP contribution in [-0.2, 0) is 21.2 Å². The Balaban J connectivity index is 2.24. The molecule has 0 aliphatic rings. The Hall–Kier alpha value is -1.89. The standard InChI is InChI=1S/C15H14ClNO4S/c16-12-8-4-5-9-14(12)22(20,21)17-13(15(18)19)10-11-6-2-1-3-7-11/h1-9,13,17H,10H2,(H,18,19)/t13-/m0/s1. The number of carboxylic acid groups (broad SMARTS) is 1. The molecule has 5 nitrogen and oxygen atoms in total. The van der Waals surface area contributed by atoms with Crippen LogP contribution in [0, 0.1) is 0 Å². The highest BCUT2D eigenvalue weighted by molar-refractivity contribution is 7.89. The third kappa shape index (κ3) is 4.07. The van der Waals surface area contributed by atoms with Crippen LogP contribution in [0.5, 0.6) is 0 Å². The molecule has 2 aromatic carbocycles. The molecule has 0 saturated carbocycles. The third-order valence-corrected chi connectivity index (χ3v) is 4.98. The van der Waals surface area contributed by atoms with Gasteiger partial charge >= 0.3 is 5.97 Å². The summed E-state index contributed by atoms with van der Waals surface area (Å²) in [4.78, 5) is 11.2. The van der Waals surface area contributed by atoms with Gasteiger partial charge in [-0.2, -0.15) is 4.72 Å². The van der Waals surface area contributed by atoms with E-state index in [2.05, 4.69) is 4.72 Å². The van der Waals surface area contributed by atoms with E-state index in [0.717, 1.165) is 5.56 Å². The molecular weight excluding hydrogens is 326 g/mol. The monoisotopic (exact) mass is 339 g/mol. The molecule has 2 aromatic rings. The first kappa shape index (κ1) is 16.5. The van der Waals surface area contributed by atoms with Gasteiger partial charge in [0.25, 0.3) is 0 Å². The Morgan fingerprint density at radius 1 is 1.09 bits per heavy atom. The van der Waals surface area contributed by atoms with Gasteiger partial charge in [-0.3, -0.25) is 4.79 Å². The number of nitrogens with one attached hydrogen (secondary N) is 1. The topological polar surface area (TPSA) is 83.5 Å². The van der Waals surface area contributed by atoms with Crippen molar-refractivity contribution in [2.45, 2.75) is 17.4 Å². The number of sulfonamides is 1. The molecule has 22 heavy (non-hydrogen) atoms. The molecule has 0 aromatic heterocycles. The average molecular weight is 340 g/mol. The Bertz CT molecular complexity index is 762. The van der Waals surface area contributed by atoms with Crippen molar-refractivity contribution in [2.75, 3.05) is 0 Å². The Morgan fingerprint density at radius 2 is 1.68 bits per heavy atom. The van der Waals surface area contributed by atoms with Gasteiger partial charge in [0, 0.05) is 0 Å². The quantitative estimate of drug-likeness (QED) is 0.846. The highest BCUT2D eigenvalue weighted by atomic mass is 35.5. The van der Waals surface area contributed by atoms with E-state index in [9.17, 15) is 18.3 Å². The van der Waals surface area contributed by atoms with Gasteiger partial charge in [-0.15, -0.1) is 0 Å². The zero-order chi connectivity index (χ0) is 16.2. The van der Waals surface area contributed by atoms with Crippen molar-refractivity contribution in [3.8, 4) is 0 Å². The van der Waals surface area contributed by atoms with Gasteiger partial charge in [0.05, 0.1) is 5.02 Å². The number of benzene rings is 2. The molecule has 1 atom stereocenters. The van der Waals surface area contributed by atoms with Crippen LogP contribution in [0.4, 0.5) is 0 Å². The van der Waals surface area contributed by atoms with Gasteiger partial charge in [-0.25, -0.2) is 8.42 Å². The van der Waals surface area contributed by atoms with Crippen molar-refractivity contribution in [3.63, 3.8) is 0 Å². The second-order valence-corrected chi connectivity index (χ2v) is 6.72. The first-order chi connectivity index (χ1) is 10.4. The number of carboxylic acids is 1. The average Bonchev–Trinajstić information content (AvgIpc) is 2.47. The molecule has 0 saturated heterocycles. The molecule has 2 N–H and O–H groups in total. The molecule has 0 amide bonds. The van der Waals surface area contributed by atoms with E-state index in [-0.39, 0.29) is 16.3 Å². The molecule has 0 radical (unpaired) electrons. The lowest BCUT2D eigenvalue weighted by atomic mass is 10.1. The number of halogens is 1. The first-order valence-electron chi connectivity index (χ1n) is 6.44. The maximum atomic E-state index is 12.3. The maximum Gasteiger partial charge on any atom is 0.322 e. The van der Waals surface area contributed by atoms with Gasteiger partial charge in [0.2, 0.25) is 10.0 Å². The van der Waals surface area contributed by atoms with Crippen LogP contribution < -0.4 is 4.72 Å². The predicted molar refractivity (Wildman–Crippen MR) is 83.3 cm³/mol. The zero-order valence-electron chi connectivity index (χ0n) is 11.4. The predicted octanol–water partition coefficient (Wildman–Crippen LogP) is 2.31. The van der Waals surface area contributed by atoms with Crippen molar-refractivity contribution < 1.29 is 18.3 Å². The summed E-state index contributed by atoms with van der Waals surface area (Å²) in [6, 6.07) is 13.4. The van der Waals surface area contributed by atoms with E-state index in [1.165, 1.54) is 18.2 Å². The Morgan fingerprint density at radius 3 is 2.27 bits per heavy atom. The minimum absolute atomic E-state index is 0.0406. The maximum absolute atomic E-state index is 12.3. The van der Waals surface area contributed by atoms with Crippen LogP contribution in [-0.4, -0.2) is 25.5 Å². The SMILES string of the molecule is O=C(O)[C@H](Cc1ccccc1)NS(=O)(=O)c1ccccc1Cl. The number of aliphatic carboxylic acids is 1. The van der Waals surface area contributed by atoms with Gasteiger partial charge in [-0.05, 0) is 24.1 Å². The fourth-order valence-electron chi connectivity index (χ4n) is 1.94. The fourth-order valence-corrected chi connectivity index (χ4v) is 3.65. The van der Waals surface area contributed by atoms with Gasteiger partial charge in [0.1, 0.15) is 10.9 Å². The summed E-state index contributed by atoms with van der Waals surface area (Å²) in [7, 11) is -4.02. The molecule has 0 fully saturated rings. The van der Waals surface area contributed by atoms with Crippen LogP contribution in [0.1, 0.15) is 5.56 Å². The summed E-state index contributed by atoms with van der Waals surface area (Å²) in [5, 5.41) is 9.29. The summed E-state index contributed by atoms with van der Waals surface area (Å²) in [5.74, 6) is -1.25. The molecule has 0 unspecified atom stereocenters. The van der Waals surface area contributed by atoms with Crippen molar-refractivity contribution in [1.82, 2.24) is 4.72 Å². The Kier molecular flexibility index (Phi) is 5.18. The van der Waals surface area contributed by atoms with E-state index in [1.54, 1.807) is 36.4 Å². The van der Waals surface area contributed by atoms with E-state index < -0.39 is 22.0 Å². The van der Waals surface area contributed by atoms with E-state index >= 15 is 0 Å². The highest BCUT2D eigenvalue weighted by Crippen LogP contribution is 2.20. The van der Waals surface area contributed by atoms with Crippen molar-refractivity contribution in [3.05, 3.63) is 65.2 Å². The van der Waals surface area contributed by atoms with Crippen LogP contribution in [0.3, 0.4) is 0 Å². The molecule has 0 aliphatic heterocycles. The molecule has 116 valence electrons. The van der Waals surface area contributed by atoms with Crippen molar-refractivity contribution >= 4 is 27.6 Å².